The molecule has 2 aromatic carbocycles. The third-order valence-corrected chi connectivity index (χ3v) is 3.92. The van der Waals surface area contributed by atoms with Gasteiger partial charge in [-0.3, -0.25) is 4.79 Å². The van der Waals surface area contributed by atoms with Crippen LogP contribution in [0.3, 0.4) is 0 Å². The van der Waals surface area contributed by atoms with Gasteiger partial charge in [0.15, 0.2) is 6.61 Å². The highest BCUT2D eigenvalue weighted by molar-refractivity contribution is 5.95. The van der Waals surface area contributed by atoms with E-state index in [1.54, 1.807) is 12.1 Å². The third kappa shape index (κ3) is 6.51. The fourth-order valence-corrected chi connectivity index (χ4v) is 2.40. The summed E-state index contributed by atoms with van der Waals surface area (Å²) in [5.41, 5.74) is 2.46. The molecule has 0 unspecified atom stereocenters. The fraction of sp³-hybridized carbons (Fsp3) is 0.350. The smallest absolute Gasteiger partial charge is 0.405 e. The van der Waals surface area contributed by atoms with E-state index >= 15 is 0 Å². The normalized spacial score (nSPS) is 11.4. The summed E-state index contributed by atoms with van der Waals surface area (Å²) in [6.45, 7) is 4.58. The van der Waals surface area contributed by atoms with Crippen LogP contribution >= 0.6 is 0 Å². The number of rotatable bonds is 7. The van der Waals surface area contributed by atoms with Crippen LogP contribution in [0.5, 0.6) is 5.75 Å². The van der Waals surface area contributed by atoms with Gasteiger partial charge in [-0.1, -0.05) is 38.1 Å². The minimum absolute atomic E-state index is 0.196. The van der Waals surface area contributed by atoms with Crippen LogP contribution in [0.25, 0.3) is 0 Å². The second kappa shape index (κ2) is 8.79. The highest BCUT2D eigenvalue weighted by Gasteiger charge is 2.27. The van der Waals surface area contributed by atoms with Crippen molar-refractivity contribution in [3.8, 4) is 5.75 Å². The molecule has 0 saturated carbocycles. The molecule has 7 heteroatoms. The van der Waals surface area contributed by atoms with Gasteiger partial charge in [0.2, 0.25) is 0 Å². The van der Waals surface area contributed by atoms with Crippen molar-refractivity contribution in [3.05, 3.63) is 53.6 Å². The van der Waals surface area contributed by atoms with Crippen molar-refractivity contribution in [1.82, 2.24) is 0 Å². The molecular formula is C20H23F3N2O2. The molecule has 1 amide bonds. The number of hydrogen-bond donors (Lipinski definition) is 2. The van der Waals surface area contributed by atoms with Gasteiger partial charge >= 0.3 is 6.18 Å². The van der Waals surface area contributed by atoms with Crippen molar-refractivity contribution < 1.29 is 22.7 Å². The number of amides is 1. The Kier molecular flexibility index (Phi) is 6.71. The second-order valence-electron chi connectivity index (χ2n) is 6.53. The highest BCUT2D eigenvalue weighted by Crippen LogP contribution is 2.25. The van der Waals surface area contributed by atoms with E-state index in [1.165, 1.54) is 12.1 Å². The minimum atomic E-state index is -4.35. The first kappa shape index (κ1) is 20.6. The van der Waals surface area contributed by atoms with Crippen molar-refractivity contribution in [2.24, 2.45) is 0 Å². The lowest BCUT2D eigenvalue weighted by molar-refractivity contribution is -0.118. The number of para-hydroxylation sites is 2. The van der Waals surface area contributed by atoms with Gasteiger partial charge in [0, 0.05) is 0 Å². The van der Waals surface area contributed by atoms with Crippen LogP contribution in [0.2, 0.25) is 0 Å². The van der Waals surface area contributed by atoms with E-state index in [0.29, 0.717) is 11.7 Å². The van der Waals surface area contributed by atoms with E-state index in [2.05, 4.69) is 24.5 Å². The van der Waals surface area contributed by atoms with E-state index in [4.69, 9.17) is 4.74 Å². The standard InChI is InChI=1S/C20H23F3N2O2/c1-13(2)15-9-8-14(3)18(10-15)27-11-19(26)25-17-7-5-4-6-16(17)24-12-20(21,22)23/h4-10,13,24H,11-12H2,1-3H3,(H,25,26). The van der Waals surface area contributed by atoms with Crippen LogP contribution in [0.15, 0.2) is 42.5 Å². The van der Waals surface area contributed by atoms with E-state index < -0.39 is 18.6 Å². The Morgan fingerprint density at radius 1 is 1.11 bits per heavy atom. The number of ether oxygens (including phenoxy) is 1. The molecule has 0 spiro atoms. The summed E-state index contributed by atoms with van der Waals surface area (Å²) in [5.74, 6) is 0.485. The molecule has 0 aliphatic rings. The molecule has 0 aliphatic carbocycles. The number of carbonyl (C=O) groups excluding carboxylic acids is 1. The van der Waals surface area contributed by atoms with Gasteiger partial charge in [0.25, 0.3) is 5.91 Å². The van der Waals surface area contributed by atoms with Crippen molar-refractivity contribution in [3.63, 3.8) is 0 Å². The number of halogens is 3. The molecule has 0 aliphatic heterocycles. The molecule has 2 N–H and O–H groups in total. The lowest BCUT2D eigenvalue weighted by Crippen LogP contribution is -2.24. The van der Waals surface area contributed by atoms with E-state index in [1.807, 2.05) is 25.1 Å². The van der Waals surface area contributed by atoms with E-state index in [-0.39, 0.29) is 18.0 Å². The number of aryl methyl sites for hydroxylation is 1. The van der Waals surface area contributed by atoms with Gasteiger partial charge in [0.05, 0.1) is 11.4 Å². The predicted molar refractivity (Wildman–Crippen MR) is 100 cm³/mol. The molecule has 2 rings (SSSR count). The highest BCUT2D eigenvalue weighted by atomic mass is 19.4. The molecule has 0 saturated heterocycles. The van der Waals surface area contributed by atoms with Gasteiger partial charge in [0.1, 0.15) is 12.3 Å². The van der Waals surface area contributed by atoms with E-state index in [9.17, 15) is 18.0 Å². The number of carbonyl (C=O) groups is 1. The summed E-state index contributed by atoms with van der Waals surface area (Å²) in [6.07, 6.45) is -4.35. The maximum atomic E-state index is 12.4. The van der Waals surface area contributed by atoms with E-state index in [0.717, 1.165) is 11.1 Å². The average molecular weight is 380 g/mol. The maximum absolute atomic E-state index is 12.4. The molecule has 0 atom stereocenters. The zero-order valence-corrected chi connectivity index (χ0v) is 15.5. The van der Waals surface area contributed by atoms with Crippen LogP contribution in [0, 0.1) is 6.92 Å². The molecule has 0 fully saturated rings. The fourth-order valence-electron chi connectivity index (χ4n) is 2.40. The monoisotopic (exact) mass is 380 g/mol. The summed E-state index contributed by atoms with van der Waals surface area (Å²) in [6, 6.07) is 12.1. The van der Waals surface area contributed by atoms with Gasteiger partial charge < -0.3 is 15.4 Å². The summed E-state index contributed by atoms with van der Waals surface area (Å²) in [5, 5.41) is 4.86. The Labute approximate surface area is 156 Å². The maximum Gasteiger partial charge on any atom is 0.405 e. The molecule has 0 bridgehead atoms. The number of alkyl halides is 3. The Bertz CT molecular complexity index is 789. The van der Waals surface area contributed by atoms with Crippen molar-refractivity contribution in [1.29, 1.82) is 0 Å². The average Bonchev–Trinajstić information content (AvgIpc) is 2.59. The lowest BCUT2D eigenvalue weighted by Gasteiger charge is -2.15. The molecule has 0 radical (unpaired) electrons. The van der Waals surface area contributed by atoms with Crippen molar-refractivity contribution in [2.75, 3.05) is 23.8 Å². The first-order valence-electron chi connectivity index (χ1n) is 8.58. The second-order valence-corrected chi connectivity index (χ2v) is 6.53. The van der Waals surface area contributed by atoms with Crippen LogP contribution < -0.4 is 15.4 Å². The summed E-state index contributed by atoms with van der Waals surface area (Å²) >= 11 is 0. The lowest BCUT2D eigenvalue weighted by atomic mass is 10.0. The predicted octanol–water partition coefficient (Wildman–Crippen LogP) is 5.11. The van der Waals surface area contributed by atoms with Crippen LogP contribution in [0.4, 0.5) is 24.5 Å². The molecule has 27 heavy (non-hydrogen) atoms. The van der Waals surface area contributed by atoms with Crippen molar-refractivity contribution in [2.45, 2.75) is 32.9 Å². The van der Waals surface area contributed by atoms with Gasteiger partial charge in [-0.05, 0) is 42.2 Å². The molecule has 0 aromatic heterocycles. The van der Waals surface area contributed by atoms with Gasteiger partial charge in [-0.25, -0.2) is 0 Å². The Morgan fingerprint density at radius 2 is 1.78 bits per heavy atom. The van der Waals surface area contributed by atoms with Crippen LogP contribution in [-0.2, 0) is 4.79 Å². The summed E-state index contributed by atoms with van der Waals surface area (Å²) in [4.78, 5) is 12.2. The quantitative estimate of drug-likeness (QED) is 0.702. The van der Waals surface area contributed by atoms with Gasteiger partial charge in [-0.2, -0.15) is 13.2 Å². The first-order valence-corrected chi connectivity index (χ1v) is 8.58. The zero-order valence-electron chi connectivity index (χ0n) is 15.5. The topological polar surface area (TPSA) is 50.4 Å². The molecular weight excluding hydrogens is 357 g/mol. The zero-order chi connectivity index (χ0) is 20.0. The van der Waals surface area contributed by atoms with Crippen molar-refractivity contribution >= 4 is 17.3 Å². The number of nitrogens with one attached hydrogen (secondary N) is 2. The molecule has 2 aromatic rings. The number of benzene rings is 2. The Balaban J connectivity index is 2.00. The van der Waals surface area contributed by atoms with Crippen LogP contribution in [0.1, 0.15) is 30.9 Å². The van der Waals surface area contributed by atoms with Crippen LogP contribution in [-0.4, -0.2) is 25.2 Å². The molecule has 4 nitrogen and oxygen atoms in total. The minimum Gasteiger partial charge on any atom is -0.483 e. The molecule has 146 valence electrons. The SMILES string of the molecule is Cc1ccc(C(C)C)cc1OCC(=O)Nc1ccccc1NCC(F)(F)F. The Morgan fingerprint density at radius 3 is 2.41 bits per heavy atom. The number of anilines is 2. The summed E-state index contributed by atoms with van der Waals surface area (Å²) < 4.78 is 42.8. The van der Waals surface area contributed by atoms with Gasteiger partial charge in [-0.15, -0.1) is 0 Å². The number of hydrogen-bond acceptors (Lipinski definition) is 3. The molecule has 0 heterocycles. The Hall–Kier alpha value is -2.70. The summed E-state index contributed by atoms with van der Waals surface area (Å²) in [7, 11) is 0. The first-order chi connectivity index (χ1) is 12.7. The third-order valence-electron chi connectivity index (χ3n) is 3.92. The largest absolute Gasteiger partial charge is 0.483 e.